The molecule has 14 heteroatoms. The Morgan fingerprint density at radius 3 is 1.93 bits per heavy atom. The van der Waals surface area contributed by atoms with Crippen molar-refractivity contribution in [2.24, 2.45) is 11.7 Å². The quantitative estimate of drug-likeness (QED) is 0.0896. The number of rotatable bonds is 9. The van der Waals surface area contributed by atoms with Crippen LogP contribution in [0.4, 0.5) is 5.69 Å². The lowest BCUT2D eigenvalue weighted by Crippen LogP contribution is -2.45. The summed E-state index contributed by atoms with van der Waals surface area (Å²) >= 11 is 0. The van der Waals surface area contributed by atoms with Crippen molar-refractivity contribution in [3.05, 3.63) is 89.0 Å². The molecule has 0 spiro atoms. The normalized spacial score (nSPS) is 11.4. The molecule has 0 saturated heterocycles. The molecule has 3 aromatic rings. The van der Waals surface area contributed by atoms with Gasteiger partial charge in [-0.05, 0) is 59.5 Å². The number of nitrogens with two attached hydrogens (primary N) is 1. The molecule has 0 aliphatic carbocycles. The second-order valence-corrected chi connectivity index (χ2v) is 11.0. The number of methoxy groups -OCH3 is 1. The average molecular weight is 613 g/mol. The summed E-state index contributed by atoms with van der Waals surface area (Å²) in [5.74, 6) is -3.36. The van der Waals surface area contributed by atoms with E-state index < -0.39 is 39.9 Å². The largest absolute Gasteiger partial charge is 0.478 e. The number of esters is 1. The molecule has 0 bridgehead atoms. The zero-order valence-electron chi connectivity index (χ0n) is 23.7. The van der Waals surface area contributed by atoms with Gasteiger partial charge in [0.2, 0.25) is 0 Å². The van der Waals surface area contributed by atoms with Crippen LogP contribution in [0.3, 0.4) is 0 Å². The fourth-order valence-corrected chi connectivity index (χ4v) is 3.79. The molecule has 0 saturated carbocycles. The average Bonchev–Trinajstić information content (AvgIpc) is 2.94. The maximum absolute atomic E-state index is 13.4. The fraction of sp³-hybridized carbons (Fsp3) is 0.207. The number of carboxylic acid groups (broad SMARTS) is 1. The van der Waals surface area contributed by atoms with Crippen molar-refractivity contribution >= 4 is 45.4 Å². The lowest BCUT2D eigenvalue weighted by Gasteiger charge is -2.20. The van der Waals surface area contributed by atoms with Crippen LogP contribution in [0.1, 0.15) is 50.5 Å². The minimum Gasteiger partial charge on any atom is -0.478 e. The second kappa shape index (κ2) is 14.7. The molecule has 0 aliphatic heterocycles. The summed E-state index contributed by atoms with van der Waals surface area (Å²) in [6, 6.07) is 15.9. The smallest absolute Gasteiger partial charge is 0.336 e. The highest BCUT2D eigenvalue weighted by Gasteiger charge is 2.26. The van der Waals surface area contributed by atoms with Crippen LogP contribution in [0.25, 0.3) is 11.1 Å². The van der Waals surface area contributed by atoms with Crippen LogP contribution in [0, 0.1) is 11.3 Å². The Morgan fingerprint density at radius 2 is 1.42 bits per heavy atom. The van der Waals surface area contributed by atoms with Crippen molar-refractivity contribution in [1.29, 1.82) is 5.41 Å². The summed E-state index contributed by atoms with van der Waals surface area (Å²) < 4.78 is 30.6. The number of carbonyl (C=O) groups excluding carboxylic acids is 3. The van der Waals surface area contributed by atoms with Crippen LogP contribution in [-0.4, -0.2) is 67.1 Å². The number of amides is 2. The van der Waals surface area contributed by atoms with E-state index >= 15 is 0 Å². The van der Waals surface area contributed by atoms with E-state index in [0.29, 0.717) is 28.6 Å². The van der Waals surface area contributed by atoms with Crippen LogP contribution in [0.5, 0.6) is 0 Å². The van der Waals surface area contributed by atoms with Crippen molar-refractivity contribution in [2.45, 2.75) is 19.9 Å². The molecule has 1 atom stereocenters. The van der Waals surface area contributed by atoms with Gasteiger partial charge >= 0.3 is 11.9 Å². The van der Waals surface area contributed by atoms with Gasteiger partial charge in [-0.1, -0.05) is 38.1 Å². The molecule has 43 heavy (non-hydrogen) atoms. The van der Waals surface area contributed by atoms with Crippen molar-refractivity contribution in [2.75, 3.05) is 18.7 Å². The van der Waals surface area contributed by atoms with Gasteiger partial charge in [0.1, 0.15) is 11.9 Å². The Morgan fingerprint density at radius 1 is 0.884 bits per heavy atom. The standard InChI is InChI=1S/C28H28N4O6.CH4O3S/c1-15(2)23(28(37)38-3)32-25(33)17-10-13-20(19-6-4-5-7-21(19)27(35)36)22(14-17)26(34)31-18-11-8-16(9-12-18)24(29)30;1-5(2,3)4/h4-15,23H,1-3H3,(H3,29,30)(H,31,34)(H,32,33)(H,35,36);1H3,(H,2,3,4). The summed E-state index contributed by atoms with van der Waals surface area (Å²) in [6.07, 6.45) is 0.715. The van der Waals surface area contributed by atoms with Crippen molar-refractivity contribution < 1.29 is 42.0 Å². The number of nitrogen functional groups attached to an aromatic ring is 1. The van der Waals surface area contributed by atoms with E-state index in [-0.39, 0.29) is 28.4 Å². The Balaban J connectivity index is 0.00000119. The second-order valence-electron chi connectivity index (χ2n) is 9.51. The van der Waals surface area contributed by atoms with E-state index in [1.54, 1.807) is 56.3 Å². The minimum absolute atomic E-state index is 0.0184. The summed E-state index contributed by atoms with van der Waals surface area (Å²) in [5.41, 5.74) is 7.06. The van der Waals surface area contributed by atoms with Crippen molar-refractivity contribution in [3.8, 4) is 11.1 Å². The molecule has 0 fully saturated rings. The van der Waals surface area contributed by atoms with Crippen LogP contribution < -0.4 is 16.4 Å². The van der Waals surface area contributed by atoms with Gasteiger partial charge in [-0.3, -0.25) is 19.6 Å². The van der Waals surface area contributed by atoms with E-state index in [1.807, 2.05) is 0 Å². The molecule has 228 valence electrons. The zero-order chi connectivity index (χ0) is 32.5. The number of amidine groups is 1. The lowest BCUT2D eigenvalue weighted by atomic mass is 9.93. The molecule has 0 aromatic heterocycles. The molecular formula is C29H32N4O9S. The van der Waals surface area contributed by atoms with Crippen LogP contribution >= 0.6 is 0 Å². The lowest BCUT2D eigenvalue weighted by molar-refractivity contribution is -0.144. The van der Waals surface area contributed by atoms with Crippen molar-refractivity contribution in [1.82, 2.24) is 5.32 Å². The van der Waals surface area contributed by atoms with Crippen LogP contribution in [0.2, 0.25) is 0 Å². The van der Waals surface area contributed by atoms with Gasteiger partial charge in [0.05, 0.1) is 18.9 Å². The van der Waals surface area contributed by atoms with Crippen LogP contribution in [0.15, 0.2) is 66.7 Å². The van der Waals surface area contributed by atoms with E-state index in [9.17, 15) is 32.7 Å². The van der Waals surface area contributed by atoms with E-state index in [2.05, 4.69) is 10.6 Å². The van der Waals surface area contributed by atoms with Gasteiger partial charge in [0, 0.05) is 22.4 Å². The third-order valence-corrected chi connectivity index (χ3v) is 5.84. The summed E-state index contributed by atoms with van der Waals surface area (Å²) in [4.78, 5) is 50.5. The molecule has 0 radical (unpaired) electrons. The molecule has 1 unspecified atom stereocenters. The van der Waals surface area contributed by atoms with E-state index in [0.717, 1.165) is 0 Å². The SMILES string of the molecule is COC(=O)C(NC(=O)c1ccc(-c2ccccc2C(=O)O)c(C(=O)Nc2ccc(C(=N)N)cc2)c1)C(C)C.CS(=O)(=O)O. The highest BCUT2D eigenvalue weighted by molar-refractivity contribution is 7.85. The number of benzene rings is 3. The minimum atomic E-state index is -3.67. The molecule has 2 amide bonds. The number of nitrogens with one attached hydrogen (secondary N) is 3. The summed E-state index contributed by atoms with van der Waals surface area (Å²) in [5, 5.41) is 22.6. The number of hydrogen-bond acceptors (Lipinski definition) is 8. The maximum Gasteiger partial charge on any atom is 0.336 e. The predicted octanol–water partition coefficient (Wildman–Crippen LogP) is 3.02. The van der Waals surface area contributed by atoms with Crippen molar-refractivity contribution in [3.63, 3.8) is 0 Å². The number of ether oxygens (including phenoxy) is 1. The van der Waals surface area contributed by atoms with Gasteiger partial charge in [-0.2, -0.15) is 8.42 Å². The number of anilines is 1. The first-order chi connectivity index (χ1) is 20.0. The molecule has 0 aliphatic rings. The third kappa shape index (κ3) is 10.1. The molecule has 0 heterocycles. The van der Waals surface area contributed by atoms with E-state index in [1.165, 1.54) is 31.4 Å². The molecule has 7 N–H and O–H groups in total. The van der Waals surface area contributed by atoms with Gasteiger partial charge in [0.25, 0.3) is 21.9 Å². The molecule has 3 aromatic carbocycles. The van der Waals surface area contributed by atoms with Gasteiger partial charge in [0.15, 0.2) is 0 Å². The first-order valence-electron chi connectivity index (χ1n) is 12.6. The Bertz CT molecular complexity index is 1630. The molecule has 13 nitrogen and oxygen atoms in total. The maximum atomic E-state index is 13.4. The van der Waals surface area contributed by atoms with Gasteiger partial charge in [-0.25, -0.2) is 9.59 Å². The molecule has 3 rings (SSSR count). The predicted molar refractivity (Wildman–Crippen MR) is 160 cm³/mol. The number of hydrogen-bond donors (Lipinski definition) is 6. The van der Waals surface area contributed by atoms with E-state index in [4.69, 9.17) is 20.4 Å². The summed E-state index contributed by atoms with van der Waals surface area (Å²) in [7, 11) is -2.44. The number of aromatic carboxylic acids is 1. The number of carboxylic acids is 1. The zero-order valence-corrected chi connectivity index (χ0v) is 24.6. The van der Waals surface area contributed by atoms with Gasteiger partial charge in [-0.15, -0.1) is 0 Å². The first-order valence-corrected chi connectivity index (χ1v) is 14.4. The summed E-state index contributed by atoms with van der Waals surface area (Å²) in [6.45, 7) is 3.51. The Labute approximate surface area is 248 Å². The molecular weight excluding hydrogens is 580 g/mol. The topological polar surface area (TPSA) is 226 Å². The van der Waals surface area contributed by atoms with Crippen LogP contribution in [-0.2, 0) is 19.6 Å². The van der Waals surface area contributed by atoms with Gasteiger partial charge < -0.3 is 26.2 Å². The highest BCUT2D eigenvalue weighted by Crippen LogP contribution is 2.29. The monoisotopic (exact) mass is 612 g/mol. The third-order valence-electron chi connectivity index (χ3n) is 5.84. The Hall–Kier alpha value is -5.08. The first kappa shape index (κ1) is 34.1. The fourth-order valence-electron chi connectivity index (χ4n) is 3.79. The Kier molecular flexibility index (Phi) is 11.7. The highest BCUT2D eigenvalue weighted by atomic mass is 32.2. The number of carbonyl (C=O) groups is 4.